The Morgan fingerprint density at radius 3 is 2.48 bits per heavy atom. The van der Waals surface area contributed by atoms with Crippen LogP contribution in [0.4, 0.5) is 0 Å². The van der Waals surface area contributed by atoms with E-state index >= 15 is 0 Å². The Hall–Kier alpha value is -1.24. The minimum atomic E-state index is -0.679. The highest BCUT2D eigenvalue weighted by Gasteiger charge is 2.25. The monoisotopic (exact) mass is 324 g/mol. The van der Waals surface area contributed by atoms with Crippen LogP contribution in [0.3, 0.4) is 0 Å². The van der Waals surface area contributed by atoms with Crippen LogP contribution < -0.4 is 0 Å². The van der Waals surface area contributed by atoms with E-state index in [0.29, 0.717) is 16.5 Å². The fourth-order valence-corrected chi connectivity index (χ4v) is 3.09. The molecule has 0 saturated carbocycles. The molecule has 1 aromatic rings. The Kier molecular flexibility index (Phi) is 5.90. The van der Waals surface area contributed by atoms with Crippen LogP contribution in [0.2, 0.25) is 10.0 Å². The van der Waals surface area contributed by atoms with Crippen LogP contribution >= 0.6 is 23.2 Å². The van der Waals surface area contributed by atoms with Gasteiger partial charge in [-0.05, 0) is 37.0 Å². The molecular formula is C16H18Cl2N2O. The lowest BCUT2D eigenvalue weighted by molar-refractivity contribution is -0.133. The normalized spacial score (nSPS) is 16.9. The molecule has 1 fully saturated rings. The molecule has 21 heavy (non-hydrogen) atoms. The van der Waals surface area contributed by atoms with Gasteiger partial charge in [0.25, 0.3) is 0 Å². The lowest BCUT2D eigenvalue weighted by Gasteiger charge is -2.23. The second-order valence-corrected chi connectivity index (χ2v) is 6.20. The smallest absolute Gasteiger partial charge is 0.240 e. The van der Waals surface area contributed by atoms with Crippen molar-refractivity contribution in [2.45, 2.75) is 32.1 Å². The molecule has 1 aliphatic rings. The molecule has 112 valence electrons. The van der Waals surface area contributed by atoms with Gasteiger partial charge in [0.1, 0.15) is 5.92 Å². The third-order valence-corrected chi connectivity index (χ3v) is 4.40. The highest BCUT2D eigenvalue weighted by Crippen LogP contribution is 2.24. The maximum absolute atomic E-state index is 12.5. The Bertz CT molecular complexity index is 546. The van der Waals surface area contributed by atoms with Crippen molar-refractivity contribution in [3.05, 3.63) is 33.8 Å². The SMILES string of the molecule is N#CC(Cc1ccc(Cl)cc1Cl)C(=O)N1CCCCCC1. The topological polar surface area (TPSA) is 44.1 Å². The molecule has 1 heterocycles. The van der Waals surface area contributed by atoms with Crippen molar-refractivity contribution in [1.82, 2.24) is 4.90 Å². The number of hydrogen-bond acceptors (Lipinski definition) is 2. The van der Waals surface area contributed by atoms with Gasteiger partial charge in [0, 0.05) is 23.1 Å². The molecule has 1 saturated heterocycles. The first-order chi connectivity index (χ1) is 10.1. The Labute approximate surface area is 135 Å². The lowest BCUT2D eigenvalue weighted by atomic mass is 9.99. The van der Waals surface area contributed by atoms with E-state index in [-0.39, 0.29) is 5.91 Å². The minimum absolute atomic E-state index is 0.0783. The number of carbonyl (C=O) groups excluding carboxylic acids is 1. The molecule has 2 rings (SSSR count). The number of likely N-dealkylation sites (tertiary alicyclic amines) is 1. The molecule has 0 aliphatic carbocycles. The number of nitrogens with zero attached hydrogens (tertiary/aromatic N) is 2. The first-order valence-electron chi connectivity index (χ1n) is 7.24. The van der Waals surface area contributed by atoms with Crippen molar-refractivity contribution in [3.8, 4) is 6.07 Å². The summed E-state index contributed by atoms with van der Waals surface area (Å²) in [4.78, 5) is 14.3. The maximum Gasteiger partial charge on any atom is 0.240 e. The van der Waals surface area contributed by atoms with Gasteiger partial charge in [-0.3, -0.25) is 4.79 Å². The summed E-state index contributed by atoms with van der Waals surface area (Å²) in [5.74, 6) is -0.757. The van der Waals surface area contributed by atoms with E-state index in [1.54, 1.807) is 18.2 Å². The largest absolute Gasteiger partial charge is 0.342 e. The number of benzene rings is 1. The summed E-state index contributed by atoms with van der Waals surface area (Å²) in [7, 11) is 0. The molecule has 0 spiro atoms. The van der Waals surface area contributed by atoms with Crippen molar-refractivity contribution < 1.29 is 4.79 Å². The zero-order valence-corrected chi connectivity index (χ0v) is 13.3. The first-order valence-corrected chi connectivity index (χ1v) is 7.99. The molecule has 3 nitrogen and oxygen atoms in total. The zero-order valence-electron chi connectivity index (χ0n) is 11.8. The van der Waals surface area contributed by atoms with Crippen LogP contribution in [0.15, 0.2) is 18.2 Å². The average molecular weight is 325 g/mol. The number of halogens is 2. The van der Waals surface area contributed by atoms with E-state index in [1.165, 1.54) is 0 Å². The number of nitriles is 1. The van der Waals surface area contributed by atoms with Gasteiger partial charge in [-0.25, -0.2) is 0 Å². The third kappa shape index (κ3) is 4.36. The van der Waals surface area contributed by atoms with Crippen LogP contribution in [0.1, 0.15) is 31.2 Å². The lowest BCUT2D eigenvalue weighted by Crippen LogP contribution is -2.37. The second-order valence-electron chi connectivity index (χ2n) is 5.36. The van der Waals surface area contributed by atoms with E-state index in [0.717, 1.165) is 44.3 Å². The summed E-state index contributed by atoms with van der Waals surface area (Å²) < 4.78 is 0. The van der Waals surface area contributed by atoms with Crippen LogP contribution in [-0.2, 0) is 11.2 Å². The summed E-state index contributed by atoms with van der Waals surface area (Å²) in [6.45, 7) is 1.51. The summed E-state index contributed by atoms with van der Waals surface area (Å²) in [5.41, 5.74) is 0.788. The average Bonchev–Trinajstić information content (AvgIpc) is 2.75. The predicted molar refractivity (Wildman–Crippen MR) is 84.3 cm³/mol. The summed E-state index contributed by atoms with van der Waals surface area (Å²) in [6.07, 6.45) is 4.69. The Morgan fingerprint density at radius 2 is 1.90 bits per heavy atom. The van der Waals surface area contributed by atoms with Gasteiger partial charge in [0.15, 0.2) is 0 Å². The van der Waals surface area contributed by atoms with E-state index < -0.39 is 5.92 Å². The molecule has 0 bridgehead atoms. The Balaban J connectivity index is 2.08. The van der Waals surface area contributed by atoms with Crippen LogP contribution in [-0.4, -0.2) is 23.9 Å². The van der Waals surface area contributed by atoms with Crippen LogP contribution in [0.25, 0.3) is 0 Å². The molecule has 1 amide bonds. The standard InChI is InChI=1S/C16H18Cl2N2O/c17-14-6-5-12(15(18)10-14)9-13(11-19)16(21)20-7-3-1-2-4-8-20/h5-6,10,13H,1-4,7-9H2. The van der Waals surface area contributed by atoms with Crippen molar-refractivity contribution >= 4 is 29.1 Å². The van der Waals surface area contributed by atoms with Crippen molar-refractivity contribution in [2.24, 2.45) is 5.92 Å². The Morgan fingerprint density at radius 1 is 1.24 bits per heavy atom. The quantitative estimate of drug-likeness (QED) is 0.840. The summed E-state index contributed by atoms with van der Waals surface area (Å²) in [6, 6.07) is 7.28. The van der Waals surface area contributed by atoms with Gasteiger partial charge in [-0.15, -0.1) is 0 Å². The van der Waals surface area contributed by atoms with E-state index in [4.69, 9.17) is 23.2 Å². The maximum atomic E-state index is 12.5. The van der Waals surface area contributed by atoms with E-state index in [9.17, 15) is 10.1 Å². The van der Waals surface area contributed by atoms with E-state index in [1.807, 2.05) is 4.90 Å². The molecule has 0 aromatic heterocycles. The predicted octanol–water partition coefficient (Wildman–Crippen LogP) is 4.08. The third-order valence-electron chi connectivity index (χ3n) is 3.81. The molecule has 1 unspecified atom stereocenters. The van der Waals surface area contributed by atoms with Gasteiger partial charge in [0.2, 0.25) is 5.91 Å². The van der Waals surface area contributed by atoms with E-state index in [2.05, 4.69) is 6.07 Å². The van der Waals surface area contributed by atoms with Gasteiger partial charge < -0.3 is 4.90 Å². The van der Waals surface area contributed by atoms with Gasteiger partial charge in [-0.1, -0.05) is 42.1 Å². The molecule has 1 aromatic carbocycles. The zero-order chi connectivity index (χ0) is 15.2. The highest BCUT2D eigenvalue weighted by atomic mass is 35.5. The van der Waals surface area contributed by atoms with Crippen molar-refractivity contribution in [2.75, 3.05) is 13.1 Å². The molecule has 1 aliphatic heterocycles. The summed E-state index contributed by atoms with van der Waals surface area (Å²) in [5, 5.41) is 10.4. The number of amides is 1. The van der Waals surface area contributed by atoms with Crippen molar-refractivity contribution in [1.29, 1.82) is 5.26 Å². The second kappa shape index (κ2) is 7.68. The summed E-state index contributed by atoms with van der Waals surface area (Å²) >= 11 is 12.0. The number of hydrogen-bond donors (Lipinski definition) is 0. The minimum Gasteiger partial charge on any atom is -0.342 e. The molecular weight excluding hydrogens is 307 g/mol. The fraction of sp³-hybridized carbons (Fsp3) is 0.500. The number of rotatable bonds is 3. The highest BCUT2D eigenvalue weighted by molar-refractivity contribution is 6.35. The molecule has 5 heteroatoms. The van der Waals surface area contributed by atoms with Gasteiger partial charge in [0.05, 0.1) is 6.07 Å². The first kappa shape index (κ1) is 16.1. The molecule has 1 atom stereocenters. The fourth-order valence-electron chi connectivity index (χ4n) is 2.61. The molecule has 0 radical (unpaired) electrons. The van der Waals surface area contributed by atoms with Crippen LogP contribution in [0.5, 0.6) is 0 Å². The van der Waals surface area contributed by atoms with Crippen molar-refractivity contribution in [3.63, 3.8) is 0 Å². The van der Waals surface area contributed by atoms with Crippen LogP contribution in [0, 0.1) is 17.2 Å². The number of carbonyl (C=O) groups is 1. The molecule has 0 N–H and O–H groups in total. The van der Waals surface area contributed by atoms with Gasteiger partial charge in [-0.2, -0.15) is 5.26 Å². The van der Waals surface area contributed by atoms with Gasteiger partial charge >= 0.3 is 0 Å².